The molecule has 0 radical (unpaired) electrons. The van der Waals surface area contributed by atoms with Gasteiger partial charge in [0.05, 0.1) is 22.1 Å². The summed E-state index contributed by atoms with van der Waals surface area (Å²) in [5.41, 5.74) is 5.30. The van der Waals surface area contributed by atoms with Gasteiger partial charge in [-0.05, 0) is 30.7 Å². The highest BCUT2D eigenvalue weighted by molar-refractivity contribution is 7.99. The fraction of sp³-hybridized carbons (Fsp3) is 0.357. The molecule has 114 valence electrons. The Morgan fingerprint density at radius 3 is 2.57 bits per heavy atom. The molecule has 7 heteroatoms. The fourth-order valence-corrected chi connectivity index (χ4v) is 2.91. The molecule has 3 nitrogen and oxygen atoms in total. The normalized spacial score (nSPS) is 14.9. The number of furan rings is 1. The molecule has 0 aliphatic rings. The molecule has 0 aliphatic heterocycles. The van der Waals surface area contributed by atoms with Crippen molar-refractivity contribution in [1.29, 1.82) is 0 Å². The summed E-state index contributed by atoms with van der Waals surface area (Å²) < 4.78 is 42.9. The molecule has 0 spiro atoms. The standard InChI is InChI=1S/C14H15F3N2OS/c1-2-10(18)13(11-4-3-7-20-11)21-12-6-5-9(8-19-12)14(15,16)17/h3-8,10,13H,2,18H2,1H3. The molecular weight excluding hydrogens is 301 g/mol. The van der Waals surface area contributed by atoms with E-state index in [0.717, 1.165) is 18.7 Å². The van der Waals surface area contributed by atoms with Crippen LogP contribution in [0.15, 0.2) is 46.2 Å². The van der Waals surface area contributed by atoms with E-state index in [0.29, 0.717) is 10.8 Å². The van der Waals surface area contributed by atoms with Gasteiger partial charge in [0, 0.05) is 12.2 Å². The van der Waals surface area contributed by atoms with Crippen molar-refractivity contribution in [3.05, 3.63) is 48.0 Å². The van der Waals surface area contributed by atoms with Gasteiger partial charge < -0.3 is 10.2 Å². The summed E-state index contributed by atoms with van der Waals surface area (Å²) in [5.74, 6) is 0.691. The third-order valence-corrected chi connectivity index (χ3v) is 4.31. The number of thioether (sulfide) groups is 1. The zero-order chi connectivity index (χ0) is 15.5. The van der Waals surface area contributed by atoms with Gasteiger partial charge in [0.25, 0.3) is 0 Å². The Balaban J connectivity index is 2.17. The second kappa shape index (κ2) is 6.53. The van der Waals surface area contributed by atoms with Gasteiger partial charge >= 0.3 is 6.18 Å². The van der Waals surface area contributed by atoms with Crippen LogP contribution in [-0.4, -0.2) is 11.0 Å². The van der Waals surface area contributed by atoms with Crippen molar-refractivity contribution in [1.82, 2.24) is 4.98 Å². The second-order valence-electron chi connectivity index (χ2n) is 4.51. The highest BCUT2D eigenvalue weighted by Crippen LogP contribution is 2.38. The van der Waals surface area contributed by atoms with Crippen LogP contribution in [0.2, 0.25) is 0 Å². The summed E-state index contributed by atoms with van der Waals surface area (Å²) in [4.78, 5) is 3.86. The lowest BCUT2D eigenvalue weighted by atomic mass is 10.1. The highest BCUT2D eigenvalue weighted by atomic mass is 32.2. The molecule has 0 saturated carbocycles. The van der Waals surface area contributed by atoms with Gasteiger partial charge in [-0.1, -0.05) is 18.7 Å². The van der Waals surface area contributed by atoms with E-state index in [-0.39, 0.29) is 11.3 Å². The van der Waals surface area contributed by atoms with E-state index in [2.05, 4.69) is 4.98 Å². The molecule has 0 aromatic carbocycles. The molecule has 0 saturated heterocycles. The van der Waals surface area contributed by atoms with E-state index >= 15 is 0 Å². The molecule has 2 unspecified atom stereocenters. The van der Waals surface area contributed by atoms with Crippen LogP contribution in [0.1, 0.15) is 29.9 Å². The van der Waals surface area contributed by atoms with E-state index in [1.54, 1.807) is 18.4 Å². The summed E-state index contributed by atoms with van der Waals surface area (Å²) in [6.45, 7) is 1.95. The summed E-state index contributed by atoms with van der Waals surface area (Å²) in [7, 11) is 0. The third-order valence-electron chi connectivity index (χ3n) is 3.00. The lowest BCUT2D eigenvalue weighted by Gasteiger charge is -2.20. The van der Waals surface area contributed by atoms with Crippen LogP contribution in [0.25, 0.3) is 0 Å². The van der Waals surface area contributed by atoms with E-state index < -0.39 is 11.7 Å². The van der Waals surface area contributed by atoms with Crippen LogP contribution in [0.5, 0.6) is 0 Å². The van der Waals surface area contributed by atoms with Crippen molar-refractivity contribution >= 4 is 11.8 Å². The Morgan fingerprint density at radius 1 is 1.33 bits per heavy atom. The van der Waals surface area contributed by atoms with Crippen molar-refractivity contribution in [2.45, 2.75) is 35.8 Å². The maximum absolute atomic E-state index is 12.5. The summed E-state index contributed by atoms with van der Waals surface area (Å²) in [5, 5.41) is 0.294. The number of nitrogens with two attached hydrogens (primary N) is 1. The molecule has 2 rings (SSSR count). The van der Waals surface area contributed by atoms with Gasteiger partial charge in [-0.25, -0.2) is 4.98 Å². The van der Waals surface area contributed by atoms with Crippen LogP contribution in [-0.2, 0) is 6.18 Å². The summed E-state index contributed by atoms with van der Waals surface area (Å²) >= 11 is 1.30. The maximum Gasteiger partial charge on any atom is 0.417 e. The molecule has 0 aliphatic carbocycles. The molecule has 0 amide bonds. The van der Waals surface area contributed by atoms with Crippen molar-refractivity contribution in [3.8, 4) is 0 Å². The fourth-order valence-electron chi connectivity index (χ4n) is 1.77. The van der Waals surface area contributed by atoms with Crippen LogP contribution in [0.4, 0.5) is 13.2 Å². The van der Waals surface area contributed by atoms with Gasteiger partial charge in [0.2, 0.25) is 0 Å². The average Bonchev–Trinajstić information content (AvgIpc) is 2.97. The molecule has 0 fully saturated rings. The molecule has 2 atom stereocenters. The number of halogens is 3. The minimum absolute atomic E-state index is 0.176. The van der Waals surface area contributed by atoms with Gasteiger partial charge in [-0.3, -0.25) is 0 Å². The topological polar surface area (TPSA) is 52.0 Å². The first-order valence-electron chi connectivity index (χ1n) is 6.40. The van der Waals surface area contributed by atoms with Gasteiger partial charge in [-0.15, -0.1) is 0 Å². The maximum atomic E-state index is 12.5. The predicted molar refractivity (Wildman–Crippen MR) is 74.8 cm³/mol. The van der Waals surface area contributed by atoms with Crippen molar-refractivity contribution in [2.24, 2.45) is 5.73 Å². The number of pyridine rings is 1. The van der Waals surface area contributed by atoms with Crippen LogP contribution < -0.4 is 5.73 Å². The largest absolute Gasteiger partial charge is 0.468 e. The second-order valence-corrected chi connectivity index (χ2v) is 5.67. The van der Waals surface area contributed by atoms with E-state index in [4.69, 9.17) is 10.2 Å². The number of hydrogen-bond donors (Lipinski definition) is 1. The first kappa shape index (κ1) is 15.9. The predicted octanol–water partition coefficient (Wildman–Crippen LogP) is 4.26. The SMILES string of the molecule is CCC(N)C(Sc1ccc(C(F)(F)F)cn1)c1ccco1. The molecule has 0 bridgehead atoms. The number of rotatable bonds is 5. The van der Waals surface area contributed by atoms with Crippen molar-refractivity contribution in [3.63, 3.8) is 0 Å². The minimum Gasteiger partial charge on any atom is -0.468 e. The monoisotopic (exact) mass is 316 g/mol. The Hall–Kier alpha value is -1.47. The Bertz CT molecular complexity index is 555. The Morgan fingerprint density at radius 2 is 2.10 bits per heavy atom. The number of hydrogen-bond acceptors (Lipinski definition) is 4. The number of alkyl halides is 3. The average molecular weight is 316 g/mol. The van der Waals surface area contributed by atoms with Gasteiger partial charge in [0.15, 0.2) is 0 Å². The van der Waals surface area contributed by atoms with Gasteiger partial charge in [0.1, 0.15) is 5.76 Å². The first-order chi connectivity index (χ1) is 9.91. The van der Waals surface area contributed by atoms with Crippen LogP contribution in [0.3, 0.4) is 0 Å². The number of aromatic nitrogens is 1. The number of nitrogens with zero attached hydrogens (tertiary/aromatic N) is 1. The van der Waals surface area contributed by atoms with Crippen LogP contribution >= 0.6 is 11.8 Å². The smallest absolute Gasteiger partial charge is 0.417 e. The zero-order valence-electron chi connectivity index (χ0n) is 11.3. The highest BCUT2D eigenvalue weighted by Gasteiger charge is 2.31. The van der Waals surface area contributed by atoms with Crippen molar-refractivity contribution < 1.29 is 17.6 Å². The molecule has 21 heavy (non-hydrogen) atoms. The molecular formula is C14H15F3N2OS. The minimum atomic E-state index is -4.38. The Kier molecular flexibility index (Phi) is 4.95. The molecule has 2 aromatic heterocycles. The lowest BCUT2D eigenvalue weighted by molar-refractivity contribution is -0.137. The van der Waals surface area contributed by atoms with E-state index in [1.807, 2.05) is 6.92 Å². The van der Waals surface area contributed by atoms with Crippen molar-refractivity contribution in [2.75, 3.05) is 0 Å². The quantitative estimate of drug-likeness (QED) is 0.837. The molecule has 2 heterocycles. The molecule has 2 N–H and O–H groups in total. The Labute approximate surface area is 124 Å². The van der Waals surface area contributed by atoms with Crippen LogP contribution in [0, 0.1) is 0 Å². The third kappa shape index (κ3) is 4.01. The first-order valence-corrected chi connectivity index (χ1v) is 7.28. The van der Waals surface area contributed by atoms with Gasteiger partial charge in [-0.2, -0.15) is 13.2 Å². The van der Waals surface area contributed by atoms with E-state index in [1.165, 1.54) is 17.8 Å². The van der Waals surface area contributed by atoms with E-state index in [9.17, 15) is 13.2 Å². The lowest BCUT2D eigenvalue weighted by Crippen LogP contribution is -2.25. The summed E-state index contributed by atoms with van der Waals surface area (Å²) in [6.07, 6.45) is -1.28. The molecule has 2 aromatic rings. The zero-order valence-corrected chi connectivity index (χ0v) is 12.1. The summed E-state index contributed by atoms with van der Waals surface area (Å²) in [6, 6.07) is 5.76.